The molecule has 149 heavy (non-hydrogen) atoms. The van der Waals surface area contributed by atoms with Gasteiger partial charge in [0.25, 0.3) is 0 Å². The van der Waals surface area contributed by atoms with Crippen LogP contribution in [0, 0.1) is 0 Å². The largest absolute Gasteiger partial charge is 0.437 e. The summed E-state index contributed by atoms with van der Waals surface area (Å²) in [6.45, 7) is 0. The topological polar surface area (TPSA) is 132 Å². The zero-order valence-electron chi connectivity index (χ0n) is 79.3. The van der Waals surface area contributed by atoms with Crippen LogP contribution in [0.15, 0.2) is 468 Å². The first-order valence-electron chi connectivity index (χ1n) is 50.0. The van der Waals surface area contributed by atoms with Crippen LogP contribution in [0.3, 0.4) is 0 Å². The van der Waals surface area contributed by atoms with Crippen molar-refractivity contribution in [3.8, 4) is 73.9 Å². The Morgan fingerprint density at radius 1 is 0.174 bits per heavy atom. The molecule has 0 unspecified atom stereocenters. The summed E-state index contributed by atoms with van der Waals surface area (Å²) in [6, 6.07) is 161. The lowest BCUT2D eigenvalue weighted by Crippen LogP contribution is -2.03. The second-order valence-electron chi connectivity index (χ2n) is 38.3. The predicted octanol–water partition coefficient (Wildman–Crippen LogP) is 37.6. The minimum atomic E-state index is 0.561. The Morgan fingerprint density at radius 2 is 0.477 bits per heavy atom. The summed E-state index contributed by atoms with van der Waals surface area (Å²) in [7, 11) is 0. The van der Waals surface area contributed by atoms with E-state index >= 15 is 0 Å². The molecule has 34 aromatic rings. The first-order chi connectivity index (χ1) is 73.9. The van der Waals surface area contributed by atoms with Crippen molar-refractivity contribution in [2.45, 2.75) is 0 Å². The Morgan fingerprint density at radius 3 is 0.893 bits per heavy atom. The van der Waals surface area contributed by atoms with Crippen molar-refractivity contribution >= 4 is 280 Å². The molecule has 0 atom stereocenters. The minimum absolute atomic E-state index is 0.561. The van der Waals surface area contributed by atoms with E-state index in [2.05, 4.69) is 426 Å². The van der Waals surface area contributed by atoms with Gasteiger partial charge in [-0.15, -0.1) is 34.0 Å². The van der Waals surface area contributed by atoms with Gasteiger partial charge in [0.05, 0.1) is 66.3 Å². The summed E-state index contributed by atoms with van der Waals surface area (Å²) in [5.41, 5.74) is 20.8. The molecule has 12 aromatic heterocycles. The van der Waals surface area contributed by atoms with Crippen molar-refractivity contribution in [2.75, 3.05) is 0 Å². The molecule has 0 N–H and O–H groups in total. The molecule has 0 spiro atoms. The van der Waals surface area contributed by atoms with Gasteiger partial charge in [0.2, 0.25) is 35.0 Å². The Kier molecular flexibility index (Phi) is 18.3. The zero-order valence-corrected chi connectivity index (χ0v) is 81.7. The van der Waals surface area contributed by atoms with Gasteiger partial charge < -0.3 is 13.3 Å². The van der Waals surface area contributed by atoms with E-state index in [0.29, 0.717) is 35.0 Å². The molecule has 34 rings (SSSR count). The summed E-state index contributed by atoms with van der Waals surface area (Å²) in [5.74, 6) is 1.77. The Bertz CT molecular complexity index is 11700. The van der Waals surface area contributed by atoms with Crippen molar-refractivity contribution in [3.05, 3.63) is 455 Å². The van der Waals surface area contributed by atoms with Crippen LogP contribution in [-0.2, 0) is 0 Å². The normalized spacial score (nSPS) is 12.2. The highest BCUT2D eigenvalue weighted by Crippen LogP contribution is 2.55. The standard InChI is InChI=1S/C50H29N3OS.2C42H23N3OS/c1-3-15-30(16-4-1)32-27-33(31-17-5-2-6-18-31)29-34(28-32)46-44-38-22-10-13-25-41(38)54-49(44)52-50(51-46)53-40-24-12-9-21-37(40)43-35-19-7-8-20-36(35)48-45(47(43)53)39-23-11-14-26-42(39)55-48;1-2-14-25-24(12-1)13-11-20-27(25)38-36-30-18-6-9-22-33(30)46-41(36)44-42(43-38)45-32-21-8-5-17-29(32)35-26-15-3-4-16-28(26)40-37(39(35)45)31-19-7-10-23-34(31)47-40;1-2-12-25-23-26(22-21-24(25)11-1)38-36-30-16-6-9-19-33(30)46-41(36)44-42(43-38)45-32-18-8-5-15-29(32)35-27-13-3-4-14-28(27)40-37(39(35)45)31-17-7-10-20-34(31)47-40/h1-29H;2*1-23H. The van der Waals surface area contributed by atoms with E-state index in [9.17, 15) is 0 Å². The van der Waals surface area contributed by atoms with Crippen molar-refractivity contribution < 1.29 is 13.3 Å². The molecule has 0 aliphatic rings. The maximum Gasteiger partial charge on any atom is 0.238 e. The average Bonchev–Trinajstić information content (AvgIpc) is 1.54. The third-order valence-corrected chi connectivity index (χ3v) is 33.8. The summed E-state index contributed by atoms with van der Waals surface area (Å²) in [4.78, 5) is 32.5. The second kappa shape index (κ2) is 32.7. The van der Waals surface area contributed by atoms with Gasteiger partial charge in [-0.05, 0) is 139 Å². The molecule has 0 aliphatic heterocycles. The summed E-state index contributed by atoms with van der Waals surface area (Å²) < 4.78 is 34.2. The van der Waals surface area contributed by atoms with Gasteiger partial charge in [-0.25, -0.2) is 15.0 Å². The number of furan rings is 3. The molecule has 22 aromatic carbocycles. The third-order valence-electron chi connectivity index (χ3n) is 30.2. The van der Waals surface area contributed by atoms with E-state index in [0.717, 1.165) is 149 Å². The number of hydrogen-bond donors (Lipinski definition) is 0. The van der Waals surface area contributed by atoms with Crippen molar-refractivity contribution in [1.29, 1.82) is 0 Å². The number of para-hydroxylation sites is 6. The van der Waals surface area contributed by atoms with E-state index in [4.69, 9.17) is 43.2 Å². The van der Waals surface area contributed by atoms with Crippen LogP contribution in [0.5, 0.6) is 0 Å². The maximum absolute atomic E-state index is 6.66. The fraction of sp³-hybridized carbons (Fsp3) is 0. The minimum Gasteiger partial charge on any atom is -0.437 e. The number of hydrogen-bond acceptors (Lipinski definition) is 12. The van der Waals surface area contributed by atoms with Gasteiger partial charge >= 0.3 is 0 Å². The molecule has 692 valence electrons. The van der Waals surface area contributed by atoms with Crippen LogP contribution < -0.4 is 0 Å². The highest BCUT2D eigenvalue weighted by Gasteiger charge is 2.32. The molecule has 0 radical (unpaired) electrons. The molecule has 12 nitrogen and oxygen atoms in total. The van der Waals surface area contributed by atoms with E-state index < -0.39 is 0 Å². The first kappa shape index (κ1) is 83.3. The Labute approximate surface area is 859 Å². The van der Waals surface area contributed by atoms with Crippen LogP contribution in [0.25, 0.3) is 320 Å². The molecule has 0 bridgehead atoms. The molecule has 12 heterocycles. The smallest absolute Gasteiger partial charge is 0.238 e. The van der Waals surface area contributed by atoms with Gasteiger partial charge in [0.15, 0.2) is 0 Å². The van der Waals surface area contributed by atoms with Crippen LogP contribution in [0.4, 0.5) is 0 Å². The number of rotatable bonds is 8. The number of nitrogens with zero attached hydrogens (tertiary/aromatic N) is 9. The maximum atomic E-state index is 6.66. The molecular formula is C134H75N9O3S3. The molecule has 0 saturated carbocycles. The lowest BCUT2D eigenvalue weighted by Gasteiger charge is -2.14. The Hall–Kier alpha value is -19.2. The number of aromatic nitrogens is 9. The second-order valence-corrected chi connectivity index (χ2v) is 41.5. The highest BCUT2D eigenvalue weighted by atomic mass is 32.1. The van der Waals surface area contributed by atoms with E-state index in [1.165, 1.54) is 136 Å². The van der Waals surface area contributed by atoms with Gasteiger partial charge in [0, 0.05) is 142 Å². The molecular weight excluding hydrogens is 1880 g/mol. The van der Waals surface area contributed by atoms with Gasteiger partial charge in [-0.1, -0.05) is 376 Å². The van der Waals surface area contributed by atoms with Gasteiger partial charge in [-0.2, -0.15) is 15.0 Å². The van der Waals surface area contributed by atoms with Crippen LogP contribution in [0.2, 0.25) is 0 Å². The molecule has 15 heteroatoms. The number of thiophene rings is 3. The van der Waals surface area contributed by atoms with Crippen LogP contribution in [-0.4, -0.2) is 43.6 Å². The lowest BCUT2D eigenvalue weighted by atomic mass is 9.94. The third kappa shape index (κ3) is 12.6. The van der Waals surface area contributed by atoms with E-state index in [1.807, 2.05) is 76.5 Å². The van der Waals surface area contributed by atoms with Gasteiger partial charge in [-0.3, -0.25) is 13.7 Å². The van der Waals surface area contributed by atoms with E-state index in [1.54, 1.807) is 0 Å². The summed E-state index contributed by atoms with van der Waals surface area (Å²) in [5, 5.41) is 32.5. The number of benzene rings is 22. The molecule has 0 aliphatic carbocycles. The summed E-state index contributed by atoms with van der Waals surface area (Å²) >= 11 is 5.56. The monoisotopic (exact) mass is 1950 g/mol. The quantitative estimate of drug-likeness (QED) is 0.146. The average molecular weight is 1960 g/mol. The predicted molar refractivity (Wildman–Crippen MR) is 624 cm³/mol. The number of fused-ring (bicyclic) bond motifs is 41. The van der Waals surface area contributed by atoms with Crippen molar-refractivity contribution in [1.82, 2.24) is 43.6 Å². The van der Waals surface area contributed by atoms with Crippen molar-refractivity contribution in [3.63, 3.8) is 0 Å². The zero-order chi connectivity index (χ0) is 97.3. The van der Waals surface area contributed by atoms with Crippen LogP contribution in [0.1, 0.15) is 0 Å². The van der Waals surface area contributed by atoms with Gasteiger partial charge in [0.1, 0.15) is 16.7 Å². The molecule has 0 fully saturated rings. The fourth-order valence-electron chi connectivity index (χ4n) is 23.9. The molecule has 0 saturated heterocycles. The van der Waals surface area contributed by atoms with Crippen molar-refractivity contribution in [2.24, 2.45) is 0 Å². The van der Waals surface area contributed by atoms with E-state index in [-0.39, 0.29) is 0 Å². The SMILES string of the molecule is c1ccc(-c2cc(-c3ccccc3)cc(-c3nc(-n4c5ccccc5c5c6ccccc6c6sc7ccccc7c6c54)nc4oc5ccccc5c34)c2)cc1.c1ccc2c(-c3nc(-n4c5ccccc5c5c6ccccc6c6sc7ccccc7c6c54)nc4oc5ccccc5c34)cccc2c1.c1ccc2cc(-c3nc(-n4c5ccccc5c5c6ccccc6c6sc7ccccc7c6c54)nc4oc5ccccc5c34)ccc2c1. The fourth-order valence-corrected chi connectivity index (χ4v) is 27.6. The first-order valence-corrected chi connectivity index (χ1v) is 52.5. The highest BCUT2D eigenvalue weighted by molar-refractivity contribution is 7.28. The van der Waals surface area contributed by atoms with Crippen LogP contribution >= 0.6 is 34.0 Å². The lowest BCUT2D eigenvalue weighted by molar-refractivity contribution is 0.651. The molecule has 0 amide bonds. The summed E-state index contributed by atoms with van der Waals surface area (Å²) in [6.07, 6.45) is 0. The Balaban J connectivity index is 0.0000000993.